The highest BCUT2D eigenvalue weighted by Gasteiger charge is 2.26. The van der Waals surface area contributed by atoms with Gasteiger partial charge < -0.3 is 10.1 Å². The van der Waals surface area contributed by atoms with E-state index in [1.807, 2.05) is 6.07 Å². The van der Waals surface area contributed by atoms with Crippen molar-refractivity contribution < 1.29 is 4.74 Å². The van der Waals surface area contributed by atoms with Crippen molar-refractivity contribution in [2.75, 3.05) is 11.9 Å². The number of aromatic nitrogens is 2. The number of hydrogen-bond donors (Lipinski definition) is 1. The van der Waals surface area contributed by atoms with Gasteiger partial charge in [-0.1, -0.05) is 20.8 Å². The second kappa shape index (κ2) is 6.22. The van der Waals surface area contributed by atoms with E-state index < -0.39 is 0 Å². The molecule has 0 saturated heterocycles. The lowest BCUT2D eigenvalue weighted by atomic mass is 9.76. The van der Waals surface area contributed by atoms with Crippen LogP contribution in [-0.4, -0.2) is 22.6 Å². The lowest BCUT2D eigenvalue weighted by molar-refractivity contribution is 0.232. The number of nitrogens with zero attached hydrogens (tertiary/aromatic N) is 2. The Bertz CT molecular complexity index is 396. The fourth-order valence-electron chi connectivity index (χ4n) is 2.42. The molecule has 0 amide bonds. The largest absolute Gasteiger partial charge is 0.478 e. The zero-order valence-electron chi connectivity index (χ0n) is 12.3. The molecule has 4 heteroatoms. The van der Waals surface area contributed by atoms with E-state index >= 15 is 0 Å². The summed E-state index contributed by atoms with van der Waals surface area (Å²) in [6.45, 7) is 7.48. The molecule has 0 aromatic carbocycles. The van der Waals surface area contributed by atoms with Crippen LogP contribution in [0.25, 0.3) is 0 Å². The van der Waals surface area contributed by atoms with E-state index in [2.05, 4.69) is 36.1 Å². The maximum absolute atomic E-state index is 5.53. The molecule has 106 valence electrons. The van der Waals surface area contributed by atoms with E-state index in [4.69, 9.17) is 4.74 Å². The van der Waals surface area contributed by atoms with Crippen molar-refractivity contribution in [3.8, 4) is 5.88 Å². The molecule has 1 aliphatic rings. The third kappa shape index (κ3) is 4.37. The van der Waals surface area contributed by atoms with Crippen LogP contribution in [0.15, 0.2) is 12.3 Å². The van der Waals surface area contributed by atoms with Crippen LogP contribution < -0.4 is 10.1 Å². The molecule has 1 aliphatic carbocycles. The topological polar surface area (TPSA) is 47.0 Å². The lowest BCUT2D eigenvalue weighted by Crippen LogP contribution is -2.30. The first-order valence-electron chi connectivity index (χ1n) is 7.31. The predicted octanol–water partition coefficient (Wildman–Crippen LogP) is 3.65. The third-order valence-corrected chi connectivity index (χ3v) is 3.76. The summed E-state index contributed by atoms with van der Waals surface area (Å²) in [5.74, 6) is 1.36. The molecule has 1 heterocycles. The molecule has 0 radical (unpaired) electrons. The molecule has 0 aliphatic heterocycles. The first-order valence-corrected chi connectivity index (χ1v) is 7.31. The zero-order valence-corrected chi connectivity index (χ0v) is 12.3. The van der Waals surface area contributed by atoms with Crippen molar-refractivity contribution in [1.82, 2.24) is 9.97 Å². The van der Waals surface area contributed by atoms with Crippen molar-refractivity contribution in [3.05, 3.63) is 12.3 Å². The van der Waals surface area contributed by atoms with Gasteiger partial charge >= 0.3 is 0 Å². The quantitative estimate of drug-likeness (QED) is 0.881. The molecule has 1 aromatic rings. The normalized spacial score (nSPS) is 19.1. The summed E-state index contributed by atoms with van der Waals surface area (Å²) in [6, 6.07) is 2.31. The number of nitrogens with one attached hydrogen (secondary N) is 1. The van der Waals surface area contributed by atoms with Gasteiger partial charge in [0.25, 0.3) is 0 Å². The number of ether oxygens (including phenoxy) is 1. The Balaban J connectivity index is 1.89. The van der Waals surface area contributed by atoms with Crippen LogP contribution in [0.1, 0.15) is 52.9 Å². The van der Waals surface area contributed by atoms with E-state index in [1.54, 1.807) is 6.20 Å². The second-order valence-electron chi connectivity index (χ2n) is 6.15. The first kappa shape index (κ1) is 14.1. The minimum absolute atomic E-state index is 0.491. The average molecular weight is 263 g/mol. The molecule has 2 rings (SSSR count). The molecule has 1 fully saturated rings. The molecule has 1 N–H and O–H groups in total. The molecule has 1 aromatic heterocycles. The smallest absolute Gasteiger partial charge is 0.226 e. The Morgan fingerprint density at radius 1 is 1.37 bits per heavy atom. The fourth-order valence-corrected chi connectivity index (χ4v) is 2.42. The summed E-state index contributed by atoms with van der Waals surface area (Å²) in [4.78, 5) is 8.67. The zero-order chi connectivity index (χ0) is 13.7. The van der Waals surface area contributed by atoms with E-state index in [-0.39, 0.29) is 0 Å². The van der Waals surface area contributed by atoms with Crippen molar-refractivity contribution in [2.45, 2.75) is 58.9 Å². The maximum Gasteiger partial charge on any atom is 0.226 e. The van der Waals surface area contributed by atoms with Crippen molar-refractivity contribution in [2.24, 2.45) is 5.41 Å². The highest BCUT2D eigenvalue weighted by Crippen LogP contribution is 2.35. The van der Waals surface area contributed by atoms with E-state index in [0.717, 1.165) is 6.42 Å². The summed E-state index contributed by atoms with van der Waals surface area (Å²) in [6.07, 6.45) is 7.65. The second-order valence-corrected chi connectivity index (χ2v) is 6.15. The maximum atomic E-state index is 5.53. The SMILES string of the molecule is CCCOc1ccnc(NC2CCC(C)(C)CC2)n1. The van der Waals surface area contributed by atoms with Crippen LogP contribution in [0.4, 0.5) is 5.95 Å². The van der Waals surface area contributed by atoms with Crippen molar-refractivity contribution in [3.63, 3.8) is 0 Å². The molecule has 1 saturated carbocycles. The number of hydrogen-bond acceptors (Lipinski definition) is 4. The Morgan fingerprint density at radius 3 is 2.79 bits per heavy atom. The van der Waals surface area contributed by atoms with Gasteiger partial charge in [0.05, 0.1) is 6.61 Å². The Labute approximate surface area is 116 Å². The molecule has 0 spiro atoms. The monoisotopic (exact) mass is 263 g/mol. The highest BCUT2D eigenvalue weighted by molar-refractivity contribution is 5.29. The average Bonchev–Trinajstić information content (AvgIpc) is 2.39. The van der Waals surface area contributed by atoms with Gasteiger partial charge in [0.2, 0.25) is 11.8 Å². The molecular weight excluding hydrogens is 238 g/mol. The Kier molecular flexibility index (Phi) is 4.61. The summed E-state index contributed by atoms with van der Waals surface area (Å²) in [5, 5.41) is 3.43. The molecule has 0 bridgehead atoms. The number of anilines is 1. The highest BCUT2D eigenvalue weighted by atomic mass is 16.5. The van der Waals surface area contributed by atoms with Crippen LogP contribution in [0.3, 0.4) is 0 Å². The van der Waals surface area contributed by atoms with Crippen LogP contribution in [0, 0.1) is 5.41 Å². The van der Waals surface area contributed by atoms with Crippen LogP contribution in [0.2, 0.25) is 0 Å². The van der Waals surface area contributed by atoms with Gasteiger partial charge in [-0.2, -0.15) is 4.98 Å². The number of rotatable bonds is 5. The Hall–Kier alpha value is -1.32. The van der Waals surface area contributed by atoms with E-state index in [1.165, 1.54) is 25.7 Å². The van der Waals surface area contributed by atoms with Crippen LogP contribution in [-0.2, 0) is 0 Å². The van der Waals surface area contributed by atoms with Gasteiger partial charge in [-0.3, -0.25) is 0 Å². The van der Waals surface area contributed by atoms with Gasteiger partial charge in [-0.05, 0) is 37.5 Å². The van der Waals surface area contributed by atoms with Gasteiger partial charge in [0.15, 0.2) is 0 Å². The van der Waals surface area contributed by atoms with E-state index in [0.29, 0.717) is 29.9 Å². The summed E-state index contributed by atoms with van der Waals surface area (Å²) < 4.78 is 5.53. The summed E-state index contributed by atoms with van der Waals surface area (Å²) in [5.41, 5.74) is 0.491. The molecule has 0 unspecified atom stereocenters. The first-order chi connectivity index (χ1) is 9.09. The molecule has 0 atom stereocenters. The summed E-state index contributed by atoms with van der Waals surface area (Å²) >= 11 is 0. The van der Waals surface area contributed by atoms with Crippen molar-refractivity contribution in [1.29, 1.82) is 0 Å². The third-order valence-electron chi connectivity index (χ3n) is 3.76. The molecule has 19 heavy (non-hydrogen) atoms. The van der Waals surface area contributed by atoms with Crippen LogP contribution >= 0.6 is 0 Å². The van der Waals surface area contributed by atoms with Gasteiger partial charge in [0.1, 0.15) is 0 Å². The van der Waals surface area contributed by atoms with Gasteiger partial charge in [-0.25, -0.2) is 4.98 Å². The van der Waals surface area contributed by atoms with Crippen LogP contribution in [0.5, 0.6) is 5.88 Å². The summed E-state index contributed by atoms with van der Waals surface area (Å²) in [7, 11) is 0. The Morgan fingerprint density at radius 2 is 2.11 bits per heavy atom. The fraction of sp³-hybridized carbons (Fsp3) is 0.733. The minimum atomic E-state index is 0.491. The molecular formula is C15H25N3O. The van der Waals surface area contributed by atoms with E-state index in [9.17, 15) is 0 Å². The van der Waals surface area contributed by atoms with Gasteiger partial charge in [0, 0.05) is 18.3 Å². The van der Waals surface area contributed by atoms with Crippen molar-refractivity contribution >= 4 is 5.95 Å². The lowest BCUT2D eigenvalue weighted by Gasteiger charge is -2.34. The predicted molar refractivity (Wildman–Crippen MR) is 77.5 cm³/mol. The minimum Gasteiger partial charge on any atom is -0.478 e. The standard InChI is InChI=1S/C15H25N3O/c1-4-11-19-13-7-10-16-14(18-13)17-12-5-8-15(2,3)9-6-12/h7,10,12H,4-6,8-9,11H2,1-3H3,(H,16,17,18). The van der Waals surface area contributed by atoms with Gasteiger partial charge in [-0.15, -0.1) is 0 Å². The molecule has 4 nitrogen and oxygen atoms in total.